The molecule has 1 fully saturated rings. The number of benzene rings is 1. The molecule has 8 nitrogen and oxygen atoms in total. The number of aliphatic carboxylic acids is 1. The van der Waals surface area contributed by atoms with Crippen molar-refractivity contribution in [1.29, 1.82) is 0 Å². The van der Waals surface area contributed by atoms with E-state index in [2.05, 4.69) is 4.72 Å². The third kappa shape index (κ3) is 4.50. The summed E-state index contributed by atoms with van der Waals surface area (Å²) in [6, 6.07) is 6.78. The summed E-state index contributed by atoms with van der Waals surface area (Å²) in [6.45, 7) is 0.295. The summed E-state index contributed by atoms with van der Waals surface area (Å²) in [5.41, 5.74) is 0. The second-order valence-corrected chi connectivity index (χ2v) is 6.74. The topological polar surface area (TPSA) is 113 Å². The predicted octanol–water partition coefficient (Wildman–Crippen LogP) is -0.333. The highest BCUT2D eigenvalue weighted by Gasteiger charge is 2.32. The van der Waals surface area contributed by atoms with Gasteiger partial charge in [0.15, 0.2) is 6.04 Å². The Morgan fingerprint density at radius 2 is 2.00 bits per heavy atom. The zero-order chi connectivity index (χ0) is 16.9. The number of hydrogen-bond acceptors (Lipinski definition) is 5. The maximum atomic E-state index is 12.1. The maximum Gasteiger partial charge on any atom is 0.328 e. The molecule has 0 aromatic heterocycles. The van der Waals surface area contributed by atoms with Crippen LogP contribution in [0.2, 0.25) is 0 Å². The summed E-state index contributed by atoms with van der Waals surface area (Å²) < 4.78 is 31.4. The lowest BCUT2D eigenvalue weighted by Gasteiger charge is -2.32. The first-order valence-corrected chi connectivity index (χ1v) is 8.55. The standard InChI is InChI=1S/C14H18N2O6S/c17-13(16-8-9-22-10-12(16)14(18)19)6-7-15-23(20,21)11-4-2-1-3-5-11/h1-5,12,15H,6-10H2,(H,18,19). The summed E-state index contributed by atoms with van der Waals surface area (Å²) in [6.07, 6.45) is -0.115. The van der Waals surface area contributed by atoms with E-state index < -0.39 is 27.9 Å². The van der Waals surface area contributed by atoms with Crippen molar-refractivity contribution in [3.63, 3.8) is 0 Å². The summed E-state index contributed by atoms with van der Waals surface area (Å²) in [4.78, 5) is 24.5. The Kier molecular flexibility index (Phi) is 5.69. The van der Waals surface area contributed by atoms with E-state index in [-0.39, 0.29) is 37.6 Å². The largest absolute Gasteiger partial charge is 0.480 e. The van der Waals surface area contributed by atoms with Crippen molar-refractivity contribution in [3.8, 4) is 0 Å². The maximum absolute atomic E-state index is 12.1. The van der Waals surface area contributed by atoms with Gasteiger partial charge in [0.2, 0.25) is 15.9 Å². The molecule has 1 heterocycles. The number of amides is 1. The first-order valence-electron chi connectivity index (χ1n) is 7.06. The van der Waals surface area contributed by atoms with E-state index in [1.54, 1.807) is 18.2 Å². The normalized spacial score (nSPS) is 18.6. The molecule has 1 aliphatic rings. The van der Waals surface area contributed by atoms with E-state index in [1.165, 1.54) is 17.0 Å². The molecular weight excluding hydrogens is 324 g/mol. The Morgan fingerprint density at radius 1 is 1.30 bits per heavy atom. The van der Waals surface area contributed by atoms with Crippen molar-refractivity contribution < 1.29 is 27.9 Å². The van der Waals surface area contributed by atoms with Gasteiger partial charge in [-0.05, 0) is 12.1 Å². The average molecular weight is 342 g/mol. The third-order valence-electron chi connectivity index (χ3n) is 3.42. The minimum atomic E-state index is -3.68. The number of sulfonamides is 1. The number of carbonyl (C=O) groups is 2. The molecule has 0 radical (unpaired) electrons. The van der Waals surface area contributed by atoms with E-state index in [0.717, 1.165) is 0 Å². The lowest BCUT2D eigenvalue weighted by molar-refractivity contribution is -0.158. The lowest BCUT2D eigenvalue weighted by atomic mass is 10.2. The van der Waals surface area contributed by atoms with Crippen molar-refractivity contribution in [2.45, 2.75) is 17.4 Å². The number of rotatable bonds is 6. The number of ether oxygens (including phenoxy) is 1. The first kappa shape index (κ1) is 17.4. The fourth-order valence-corrected chi connectivity index (χ4v) is 3.28. The molecule has 0 aliphatic carbocycles. The number of carboxylic acids is 1. The van der Waals surface area contributed by atoms with E-state index in [4.69, 9.17) is 9.84 Å². The highest BCUT2D eigenvalue weighted by atomic mass is 32.2. The molecule has 1 unspecified atom stereocenters. The summed E-state index contributed by atoms with van der Waals surface area (Å²) in [7, 11) is -3.68. The van der Waals surface area contributed by atoms with E-state index in [0.29, 0.717) is 0 Å². The van der Waals surface area contributed by atoms with Gasteiger partial charge >= 0.3 is 5.97 Å². The number of carbonyl (C=O) groups excluding carboxylic acids is 1. The van der Waals surface area contributed by atoms with Crippen LogP contribution in [0.5, 0.6) is 0 Å². The predicted molar refractivity (Wildman–Crippen MR) is 80.2 cm³/mol. The van der Waals surface area contributed by atoms with Crippen LogP contribution in [0.1, 0.15) is 6.42 Å². The summed E-state index contributed by atoms with van der Waals surface area (Å²) in [5.74, 6) is -1.56. The van der Waals surface area contributed by atoms with Crippen LogP contribution in [-0.4, -0.2) is 62.6 Å². The SMILES string of the molecule is O=C(O)C1COCCN1C(=O)CCNS(=O)(=O)c1ccccc1. The van der Waals surface area contributed by atoms with Crippen LogP contribution in [0.3, 0.4) is 0 Å². The molecular formula is C14H18N2O6S. The van der Waals surface area contributed by atoms with Gasteiger partial charge < -0.3 is 14.7 Å². The zero-order valence-corrected chi connectivity index (χ0v) is 13.2. The molecule has 2 rings (SSSR count). The van der Waals surface area contributed by atoms with Gasteiger partial charge in [0.1, 0.15) is 0 Å². The van der Waals surface area contributed by atoms with Gasteiger partial charge in [-0.3, -0.25) is 4.79 Å². The van der Waals surface area contributed by atoms with Gasteiger partial charge in [-0.15, -0.1) is 0 Å². The fourth-order valence-electron chi connectivity index (χ4n) is 2.23. The van der Waals surface area contributed by atoms with Gasteiger partial charge in [-0.1, -0.05) is 18.2 Å². The lowest BCUT2D eigenvalue weighted by Crippen LogP contribution is -2.53. The molecule has 0 spiro atoms. The molecule has 1 amide bonds. The minimum Gasteiger partial charge on any atom is -0.480 e. The van der Waals surface area contributed by atoms with Crippen molar-refractivity contribution in [1.82, 2.24) is 9.62 Å². The Hall–Kier alpha value is -1.97. The number of morpholine rings is 1. The molecule has 0 saturated carbocycles. The molecule has 23 heavy (non-hydrogen) atoms. The van der Waals surface area contributed by atoms with Crippen molar-refractivity contribution in [2.75, 3.05) is 26.3 Å². The van der Waals surface area contributed by atoms with Gasteiger partial charge in [0, 0.05) is 19.5 Å². The summed E-state index contributed by atoms with van der Waals surface area (Å²) in [5, 5.41) is 9.08. The molecule has 9 heteroatoms. The number of carboxylic acid groups (broad SMARTS) is 1. The van der Waals surface area contributed by atoms with Crippen LogP contribution in [0.25, 0.3) is 0 Å². The first-order chi connectivity index (χ1) is 10.9. The van der Waals surface area contributed by atoms with E-state index >= 15 is 0 Å². The molecule has 1 atom stereocenters. The number of nitrogens with zero attached hydrogens (tertiary/aromatic N) is 1. The fraction of sp³-hybridized carbons (Fsp3) is 0.429. The van der Waals surface area contributed by atoms with Crippen molar-refractivity contribution in [2.24, 2.45) is 0 Å². The van der Waals surface area contributed by atoms with Crippen LogP contribution in [0, 0.1) is 0 Å². The second kappa shape index (κ2) is 7.53. The number of hydrogen-bond donors (Lipinski definition) is 2. The van der Waals surface area contributed by atoms with Crippen LogP contribution in [0.15, 0.2) is 35.2 Å². The Bertz CT molecular complexity index is 661. The zero-order valence-electron chi connectivity index (χ0n) is 12.3. The van der Waals surface area contributed by atoms with Gasteiger partial charge in [-0.2, -0.15) is 0 Å². The molecule has 1 aromatic rings. The van der Waals surface area contributed by atoms with Gasteiger partial charge in [0.25, 0.3) is 0 Å². The van der Waals surface area contributed by atoms with E-state index in [1.807, 2.05) is 0 Å². The molecule has 1 aliphatic heterocycles. The highest BCUT2D eigenvalue weighted by molar-refractivity contribution is 7.89. The van der Waals surface area contributed by atoms with Crippen molar-refractivity contribution >= 4 is 21.9 Å². The molecule has 1 aromatic carbocycles. The van der Waals surface area contributed by atoms with Crippen LogP contribution < -0.4 is 4.72 Å². The molecule has 1 saturated heterocycles. The van der Waals surface area contributed by atoms with Crippen molar-refractivity contribution in [3.05, 3.63) is 30.3 Å². The van der Waals surface area contributed by atoms with Crippen LogP contribution >= 0.6 is 0 Å². The Balaban J connectivity index is 1.90. The third-order valence-corrected chi connectivity index (χ3v) is 4.90. The highest BCUT2D eigenvalue weighted by Crippen LogP contribution is 2.10. The Labute approximate surface area is 134 Å². The minimum absolute atomic E-state index is 0.0587. The second-order valence-electron chi connectivity index (χ2n) is 4.98. The summed E-state index contributed by atoms with van der Waals surface area (Å²) >= 11 is 0. The van der Waals surface area contributed by atoms with Gasteiger partial charge in [0.05, 0.1) is 18.1 Å². The Morgan fingerprint density at radius 3 is 2.65 bits per heavy atom. The monoisotopic (exact) mass is 342 g/mol. The van der Waals surface area contributed by atoms with Crippen LogP contribution in [-0.2, 0) is 24.3 Å². The molecule has 2 N–H and O–H groups in total. The molecule has 0 bridgehead atoms. The quantitative estimate of drug-likeness (QED) is 0.732. The average Bonchev–Trinajstić information content (AvgIpc) is 2.55. The van der Waals surface area contributed by atoms with Gasteiger partial charge in [-0.25, -0.2) is 17.9 Å². The van der Waals surface area contributed by atoms with Crippen LogP contribution in [0.4, 0.5) is 0 Å². The number of nitrogens with one attached hydrogen (secondary N) is 1. The van der Waals surface area contributed by atoms with E-state index in [9.17, 15) is 18.0 Å². The smallest absolute Gasteiger partial charge is 0.328 e. The molecule has 126 valence electrons.